The highest BCUT2D eigenvalue weighted by Crippen LogP contribution is 2.30. The van der Waals surface area contributed by atoms with Crippen LogP contribution in [-0.2, 0) is 16.0 Å². The number of benzene rings is 1. The van der Waals surface area contributed by atoms with Gasteiger partial charge in [0, 0.05) is 10.8 Å². The fourth-order valence-electron chi connectivity index (χ4n) is 2.69. The van der Waals surface area contributed by atoms with Gasteiger partial charge in [-0.05, 0) is 92.8 Å². The van der Waals surface area contributed by atoms with Crippen molar-refractivity contribution in [3.63, 3.8) is 0 Å². The highest BCUT2D eigenvalue weighted by Gasteiger charge is 2.14. The zero-order valence-corrected chi connectivity index (χ0v) is 24.8. The van der Waals surface area contributed by atoms with Crippen molar-refractivity contribution in [1.82, 2.24) is 0 Å². The third-order valence-corrected chi connectivity index (χ3v) is 5.65. The first-order chi connectivity index (χ1) is 17.5. The average molecular weight is 527 g/mol. The van der Waals surface area contributed by atoms with Crippen molar-refractivity contribution in [2.75, 3.05) is 0 Å². The number of ketones is 2. The monoisotopic (exact) mass is 526 g/mol. The van der Waals surface area contributed by atoms with E-state index in [1.54, 1.807) is 30.4 Å². The molecule has 3 rings (SSSR count). The van der Waals surface area contributed by atoms with Crippen molar-refractivity contribution >= 4 is 34.0 Å². The molecule has 1 atom stereocenters. The topological polar surface area (TPSA) is 34.1 Å². The van der Waals surface area contributed by atoms with Gasteiger partial charge in [-0.25, -0.2) is 4.39 Å². The standard InChI is InChI=1S/C10H9F.C9H10S.C7H12O.C3H6O.C2H6.C2H4/c1-7-2-3-8-4-5-9(11)6-10(7)8;1-3-5-8(2)9-6-4-7-10-9;1-4-5-6(2)7(3)8;1-3(2)4;2*1-2/h4-6H,1-3H2;3-7H,1H2,2H3;4,6H,1,5H2,2-3H3;1-2H3;1-2H3;1-2H2/b;8-5+;;;;. The first kappa shape index (κ1) is 38.4. The molecule has 4 heteroatoms. The van der Waals surface area contributed by atoms with Gasteiger partial charge in [0.2, 0.25) is 0 Å². The van der Waals surface area contributed by atoms with E-state index in [1.807, 2.05) is 39.0 Å². The summed E-state index contributed by atoms with van der Waals surface area (Å²) in [5.41, 5.74) is 4.60. The normalized spacial score (nSPS) is 11.4. The van der Waals surface area contributed by atoms with Gasteiger partial charge < -0.3 is 4.79 Å². The molecule has 1 heterocycles. The second-order valence-corrected chi connectivity index (χ2v) is 8.86. The molecular weight excluding hydrogens is 479 g/mol. The maximum atomic E-state index is 12.7. The molecule has 2 nitrogen and oxygen atoms in total. The third-order valence-electron chi connectivity index (χ3n) is 4.64. The Hall–Kier alpha value is -3.11. The van der Waals surface area contributed by atoms with E-state index >= 15 is 0 Å². The fraction of sp³-hybridized carbons (Fsp3) is 0.333. The predicted octanol–water partition coefficient (Wildman–Crippen LogP) is 10.3. The van der Waals surface area contributed by atoms with Crippen LogP contribution in [0.5, 0.6) is 0 Å². The summed E-state index contributed by atoms with van der Waals surface area (Å²) in [7, 11) is 0. The van der Waals surface area contributed by atoms with E-state index in [0.717, 1.165) is 30.4 Å². The molecule has 37 heavy (non-hydrogen) atoms. The fourth-order valence-corrected chi connectivity index (χ4v) is 3.41. The third kappa shape index (κ3) is 19.7. The van der Waals surface area contributed by atoms with Gasteiger partial charge in [0.25, 0.3) is 0 Å². The number of carbonyl (C=O) groups excluding carboxylic acids is 2. The van der Waals surface area contributed by atoms with Crippen LogP contribution in [0.25, 0.3) is 11.1 Å². The van der Waals surface area contributed by atoms with Crippen molar-refractivity contribution in [3.05, 3.63) is 109 Å². The van der Waals surface area contributed by atoms with Gasteiger partial charge in [-0.3, -0.25) is 4.79 Å². The maximum absolute atomic E-state index is 12.7. The minimum Gasteiger partial charge on any atom is -0.300 e. The van der Waals surface area contributed by atoms with Crippen LogP contribution in [0.4, 0.5) is 4.39 Å². The quantitative estimate of drug-likeness (QED) is 0.287. The number of Topliss-reactive ketones (excluding diaryl/α,β-unsaturated/α-hetero) is 2. The van der Waals surface area contributed by atoms with Crippen LogP contribution in [-0.4, -0.2) is 11.6 Å². The van der Waals surface area contributed by atoms with E-state index in [1.165, 1.54) is 35.9 Å². The van der Waals surface area contributed by atoms with Crippen LogP contribution in [0, 0.1) is 11.7 Å². The molecule has 0 spiro atoms. The summed E-state index contributed by atoms with van der Waals surface area (Å²) >= 11 is 1.75. The lowest BCUT2D eigenvalue weighted by Gasteiger charge is -1.99. The zero-order chi connectivity index (χ0) is 29.4. The second kappa shape index (κ2) is 24.6. The predicted molar refractivity (Wildman–Crippen MR) is 166 cm³/mol. The molecule has 0 radical (unpaired) electrons. The van der Waals surface area contributed by atoms with Crippen molar-refractivity contribution < 1.29 is 14.0 Å². The van der Waals surface area contributed by atoms with Gasteiger partial charge in [0.05, 0.1) is 0 Å². The number of halogens is 1. The molecular formula is C33H47FO2S. The van der Waals surface area contributed by atoms with Gasteiger partial charge in [-0.15, -0.1) is 31.1 Å². The lowest BCUT2D eigenvalue weighted by Crippen LogP contribution is -2.03. The van der Waals surface area contributed by atoms with Crippen LogP contribution in [0.3, 0.4) is 0 Å². The number of allylic oxidation sites excluding steroid dienone is 5. The molecule has 0 aliphatic heterocycles. The molecule has 1 aliphatic rings. The Labute approximate surface area is 230 Å². The van der Waals surface area contributed by atoms with E-state index in [9.17, 15) is 14.0 Å². The van der Waals surface area contributed by atoms with Gasteiger partial charge in [-0.2, -0.15) is 0 Å². The number of hydrogen-bond donors (Lipinski definition) is 0. The summed E-state index contributed by atoms with van der Waals surface area (Å²) in [6.07, 6.45) is 8.41. The van der Waals surface area contributed by atoms with Gasteiger partial charge in [0.1, 0.15) is 17.4 Å². The number of aryl methyl sites for hydroxylation is 1. The van der Waals surface area contributed by atoms with Crippen LogP contribution in [0.1, 0.15) is 77.3 Å². The number of hydrogen-bond acceptors (Lipinski definition) is 3. The zero-order valence-electron chi connectivity index (χ0n) is 24.0. The summed E-state index contributed by atoms with van der Waals surface area (Å²) in [6.45, 7) is 29.7. The Balaban J connectivity index is -0.000000415. The second-order valence-electron chi connectivity index (χ2n) is 7.91. The molecule has 1 aromatic heterocycles. The van der Waals surface area contributed by atoms with Crippen LogP contribution >= 0.6 is 11.3 Å². The molecule has 1 unspecified atom stereocenters. The van der Waals surface area contributed by atoms with E-state index in [2.05, 4.69) is 57.3 Å². The summed E-state index contributed by atoms with van der Waals surface area (Å²) in [6, 6.07) is 9.10. The first-order valence-electron chi connectivity index (χ1n) is 12.4. The van der Waals surface area contributed by atoms with Crippen LogP contribution in [0.2, 0.25) is 0 Å². The average Bonchev–Trinajstić information content (AvgIpc) is 3.53. The molecule has 0 saturated carbocycles. The summed E-state index contributed by atoms with van der Waals surface area (Å²) < 4.78 is 12.7. The maximum Gasteiger partial charge on any atom is 0.132 e. The number of thiophene rings is 1. The SMILES string of the molecule is C=C.C=C/C=C(\C)c1cccs1.C=C1CCc2ccc(F)cc21.C=CCC(C)C(C)=O.CC.CC(C)=O. The first-order valence-corrected chi connectivity index (χ1v) is 13.3. The molecule has 1 aliphatic carbocycles. The minimum absolute atomic E-state index is 0.160. The Morgan fingerprint density at radius 2 is 1.62 bits per heavy atom. The number of rotatable bonds is 5. The molecule has 2 aromatic rings. The minimum atomic E-state index is -0.160. The van der Waals surface area contributed by atoms with E-state index in [0.29, 0.717) is 0 Å². The van der Waals surface area contributed by atoms with Gasteiger partial charge in [-0.1, -0.05) is 64.3 Å². The molecule has 0 bridgehead atoms. The number of carbonyl (C=O) groups is 2. The van der Waals surface area contributed by atoms with Crippen molar-refractivity contribution in [1.29, 1.82) is 0 Å². The highest BCUT2D eigenvalue weighted by molar-refractivity contribution is 7.11. The molecule has 0 saturated heterocycles. The van der Waals surface area contributed by atoms with Crippen molar-refractivity contribution in [2.24, 2.45) is 5.92 Å². The summed E-state index contributed by atoms with van der Waals surface area (Å²) in [5, 5.41) is 2.08. The van der Waals surface area contributed by atoms with Crippen LogP contribution in [0.15, 0.2) is 86.8 Å². The van der Waals surface area contributed by atoms with E-state index < -0.39 is 0 Å². The molecule has 0 N–H and O–H groups in total. The summed E-state index contributed by atoms with van der Waals surface area (Å²) in [4.78, 5) is 21.2. The number of fused-ring (bicyclic) bond motifs is 1. The van der Waals surface area contributed by atoms with Crippen molar-refractivity contribution in [2.45, 2.75) is 67.7 Å². The lowest BCUT2D eigenvalue weighted by molar-refractivity contribution is -0.120. The largest absolute Gasteiger partial charge is 0.300 e. The molecule has 1 aromatic carbocycles. The van der Waals surface area contributed by atoms with Crippen molar-refractivity contribution in [3.8, 4) is 0 Å². The molecule has 204 valence electrons. The molecule has 0 amide bonds. The summed E-state index contributed by atoms with van der Waals surface area (Å²) in [5.74, 6) is 0.407. The Morgan fingerprint density at radius 1 is 1.05 bits per heavy atom. The Morgan fingerprint density at radius 3 is 2.03 bits per heavy atom. The van der Waals surface area contributed by atoms with Gasteiger partial charge >= 0.3 is 0 Å². The Bertz CT molecular complexity index is 964. The smallest absolute Gasteiger partial charge is 0.132 e. The van der Waals surface area contributed by atoms with Gasteiger partial charge in [0.15, 0.2) is 0 Å². The van der Waals surface area contributed by atoms with Crippen LogP contribution < -0.4 is 0 Å². The highest BCUT2D eigenvalue weighted by atomic mass is 32.1. The lowest BCUT2D eigenvalue weighted by atomic mass is 10.0. The van der Waals surface area contributed by atoms with E-state index in [-0.39, 0.29) is 23.3 Å². The van der Waals surface area contributed by atoms with E-state index in [4.69, 9.17) is 0 Å². The molecule has 0 fully saturated rings. The Kier molecular flexibility index (Phi) is 25.5.